The van der Waals surface area contributed by atoms with Gasteiger partial charge in [-0.3, -0.25) is 14.4 Å². The van der Waals surface area contributed by atoms with Gasteiger partial charge in [0.25, 0.3) is 5.91 Å². The normalized spacial score (nSPS) is 10.3. The number of carbonyl (C=O) groups is 3. The lowest BCUT2D eigenvalue weighted by atomic mass is 10.1. The van der Waals surface area contributed by atoms with Crippen molar-refractivity contribution in [2.45, 2.75) is 13.3 Å². The van der Waals surface area contributed by atoms with Gasteiger partial charge in [0.1, 0.15) is 5.75 Å². The fourth-order valence-corrected chi connectivity index (χ4v) is 2.92. The molecule has 0 spiro atoms. The van der Waals surface area contributed by atoms with Crippen molar-refractivity contribution in [1.29, 1.82) is 0 Å². The van der Waals surface area contributed by atoms with E-state index in [1.54, 1.807) is 50.6 Å². The van der Waals surface area contributed by atoms with Gasteiger partial charge >= 0.3 is 0 Å². The Hall–Kier alpha value is -3.39. The van der Waals surface area contributed by atoms with E-state index in [1.165, 1.54) is 4.90 Å². The molecular formula is C23H29N3O5. The maximum atomic E-state index is 12.9. The van der Waals surface area contributed by atoms with Crippen LogP contribution in [0.15, 0.2) is 48.5 Å². The minimum absolute atomic E-state index is 0.146. The molecule has 0 aromatic heterocycles. The monoisotopic (exact) mass is 427 g/mol. The van der Waals surface area contributed by atoms with Crippen LogP contribution in [-0.4, -0.2) is 63.1 Å². The van der Waals surface area contributed by atoms with Crippen molar-refractivity contribution in [2.75, 3.05) is 45.8 Å². The molecule has 8 heteroatoms. The highest BCUT2D eigenvalue weighted by atomic mass is 16.5. The van der Waals surface area contributed by atoms with E-state index in [2.05, 4.69) is 10.6 Å². The van der Waals surface area contributed by atoms with Gasteiger partial charge < -0.3 is 25.0 Å². The van der Waals surface area contributed by atoms with Crippen molar-refractivity contribution in [3.05, 3.63) is 59.7 Å². The third-order valence-corrected chi connectivity index (χ3v) is 4.59. The Morgan fingerprint density at radius 1 is 0.968 bits per heavy atom. The molecule has 0 aliphatic heterocycles. The molecule has 0 fully saturated rings. The van der Waals surface area contributed by atoms with Crippen LogP contribution in [0.3, 0.4) is 0 Å². The second kappa shape index (κ2) is 12.3. The van der Waals surface area contributed by atoms with E-state index >= 15 is 0 Å². The molecule has 3 amide bonds. The molecule has 8 nitrogen and oxygen atoms in total. The average molecular weight is 428 g/mol. The van der Waals surface area contributed by atoms with Crippen molar-refractivity contribution >= 4 is 23.4 Å². The summed E-state index contributed by atoms with van der Waals surface area (Å²) >= 11 is 0. The Balaban J connectivity index is 1.91. The number of hydrogen-bond donors (Lipinski definition) is 2. The van der Waals surface area contributed by atoms with Crippen LogP contribution in [0.2, 0.25) is 0 Å². The van der Waals surface area contributed by atoms with Crippen LogP contribution >= 0.6 is 0 Å². The number of carbonyl (C=O) groups excluding carboxylic acids is 3. The van der Waals surface area contributed by atoms with Crippen LogP contribution in [0.5, 0.6) is 5.75 Å². The SMILES string of the molecule is COCCCN(CC(=O)NCC(=O)Nc1ccc(OC)cc1)C(=O)c1ccccc1C. The van der Waals surface area contributed by atoms with Crippen molar-refractivity contribution < 1.29 is 23.9 Å². The number of anilines is 1. The summed E-state index contributed by atoms with van der Waals surface area (Å²) in [5, 5.41) is 5.26. The standard InChI is InChI=1S/C23H29N3O5/c1-17-7-4-5-8-20(17)23(29)26(13-6-14-30-2)16-22(28)24-15-21(27)25-18-9-11-19(31-3)12-10-18/h4-5,7-12H,6,13-16H2,1-3H3,(H,24,28)(H,25,27). The van der Waals surface area contributed by atoms with Gasteiger partial charge in [0, 0.05) is 31.5 Å². The number of methoxy groups -OCH3 is 2. The lowest BCUT2D eigenvalue weighted by Crippen LogP contribution is -2.43. The molecule has 2 rings (SSSR count). The maximum absolute atomic E-state index is 12.9. The molecule has 166 valence electrons. The van der Waals surface area contributed by atoms with Crippen LogP contribution in [-0.2, 0) is 14.3 Å². The second-order valence-electron chi connectivity index (χ2n) is 6.94. The first-order chi connectivity index (χ1) is 14.9. The summed E-state index contributed by atoms with van der Waals surface area (Å²) in [5.41, 5.74) is 1.98. The number of aryl methyl sites for hydroxylation is 1. The van der Waals surface area contributed by atoms with Crippen molar-refractivity contribution in [3.8, 4) is 5.75 Å². The number of ether oxygens (including phenoxy) is 2. The van der Waals surface area contributed by atoms with Crippen molar-refractivity contribution in [2.24, 2.45) is 0 Å². The third kappa shape index (κ3) is 7.75. The number of hydrogen-bond acceptors (Lipinski definition) is 5. The van der Waals surface area contributed by atoms with Crippen molar-refractivity contribution in [3.63, 3.8) is 0 Å². The van der Waals surface area contributed by atoms with E-state index in [4.69, 9.17) is 9.47 Å². The third-order valence-electron chi connectivity index (χ3n) is 4.59. The van der Waals surface area contributed by atoms with E-state index in [9.17, 15) is 14.4 Å². The van der Waals surface area contributed by atoms with Gasteiger partial charge in [-0.05, 0) is 49.2 Å². The predicted octanol–water partition coefficient (Wildman–Crippen LogP) is 2.24. The molecule has 0 saturated carbocycles. The van der Waals surface area contributed by atoms with Gasteiger partial charge in [0.15, 0.2) is 0 Å². The summed E-state index contributed by atoms with van der Waals surface area (Å²) in [7, 11) is 3.15. The molecule has 0 bridgehead atoms. The molecule has 0 saturated heterocycles. The maximum Gasteiger partial charge on any atom is 0.254 e. The summed E-state index contributed by atoms with van der Waals surface area (Å²) in [4.78, 5) is 38.9. The first kappa shape index (κ1) is 23.9. The van der Waals surface area contributed by atoms with E-state index < -0.39 is 5.91 Å². The number of amides is 3. The van der Waals surface area contributed by atoms with Crippen LogP contribution in [0.1, 0.15) is 22.3 Å². The minimum Gasteiger partial charge on any atom is -0.497 e. The van der Waals surface area contributed by atoms with Crippen LogP contribution in [0.4, 0.5) is 5.69 Å². The van der Waals surface area contributed by atoms with Gasteiger partial charge in [-0.25, -0.2) is 0 Å². The zero-order valence-corrected chi connectivity index (χ0v) is 18.1. The molecular weight excluding hydrogens is 398 g/mol. The molecule has 2 aromatic rings. The Morgan fingerprint density at radius 3 is 2.32 bits per heavy atom. The highest BCUT2D eigenvalue weighted by Gasteiger charge is 2.20. The first-order valence-corrected chi connectivity index (χ1v) is 9.99. The molecule has 0 aliphatic rings. The van der Waals surface area contributed by atoms with E-state index in [0.29, 0.717) is 36.6 Å². The Bertz CT molecular complexity index is 883. The van der Waals surface area contributed by atoms with E-state index in [1.807, 2.05) is 19.1 Å². The number of benzene rings is 2. The van der Waals surface area contributed by atoms with E-state index in [0.717, 1.165) is 5.56 Å². The topological polar surface area (TPSA) is 97.0 Å². The summed E-state index contributed by atoms with van der Waals surface area (Å²) in [6, 6.07) is 14.1. The fraction of sp³-hybridized carbons (Fsp3) is 0.348. The zero-order chi connectivity index (χ0) is 22.6. The molecule has 2 aromatic carbocycles. The molecule has 0 radical (unpaired) electrons. The molecule has 0 unspecified atom stereocenters. The largest absolute Gasteiger partial charge is 0.497 e. The quantitative estimate of drug-likeness (QED) is 0.536. The minimum atomic E-state index is -0.413. The highest BCUT2D eigenvalue weighted by Crippen LogP contribution is 2.15. The molecule has 2 N–H and O–H groups in total. The van der Waals surface area contributed by atoms with E-state index in [-0.39, 0.29) is 24.9 Å². The summed E-state index contributed by atoms with van der Waals surface area (Å²) < 4.78 is 10.1. The van der Waals surface area contributed by atoms with Crippen LogP contribution in [0.25, 0.3) is 0 Å². The highest BCUT2D eigenvalue weighted by molar-refractivity contribution is 5.98. The molecule has 0 aliphatic carbocycles. The van der Waals surface area contributed by atoms with Crippen LogP contribution in [0, 0.1) is 6.92 Å². The van der Waals surface area contributed by atoms with Gasteiger partial charge in [-0.15, -0.1) is 0 Å². The lowest BCUT2D eigenvalue weighted by molar-refractivity contribution is -0.124. The Morgan fingerprint density at radius 2 is 1.68 bits per heavy atom. The molecule has 0 atom stereocenters. The predicted molar refractivity (Wildman–Crippen MR) is 118 cm³/mol. The van der Waals surface area contributed by atoms with Crippen LogP contribution < -0.4 is 15.4 Å². The number of nitrogens with zero attached hydrogens (tertiary/aromatic N) is 1. The smallest absolute Gasteiger partial charge is 0.254 e. The second-order valence-corrected chi connectivity index (χ2v) is 6.94. The number of nitrogens with one attached hydrogen (secondary N) is 2. The zero-order valence-electron chi connectivity index (χ0n) is 18.1. The van der Waals surface area contributed by atoms with Gasteiger partial charge in [0.05, 0.1) is 20.2 Å². The molecule has 0 heterocycles. The number of rotatable bonds is 11. The Kier molecular flexibility index (Phi) is 9.51. The fourth-order valence-electron chi connectivity index (χ4n) is 2.92. The van der Waals surface area contributed by atoms with Gasteiger partial charge in [-0.1, -0.05) is 18.2 Å². The van der Waals surface area contributed by atoms with Gasteiger partial charge in [-0.2, -0.15) is 0 Å². The average Bonchev–Trinajstić information content (AvgIpc) is 2.77. The molecule has 31 heavy (non-hydrogen) atoms. The first-order valence-electron chi connectivity index (χ1n) is 9.99. The van der Waals surface area contributed by atoms with Gasteiger partial charge in [0.2, 0.25) is 11.8 Å². The summed E-state index contributed by atoms with van der Waals surface area (Å²) in [6.07, 6.45) is 0.597. The summed E-state index contributed by atoms with van der Waals surface area (Å²) in [5.74, 6) is -0.330. The Labute approximate surface area is 182 Å². The lowest BCUT2D eigenvalue weighted by Gasteiger charge is -2.23. The van der Waals surface area contributed by atoms with Crippen molar-refractivity contribution in [1.82, 2.24) is 10.2 Å². The summed E-state index contributed by atoms with van der Waals surface area (Å²) in [6.45, 7) is 2.35.